The molecule has 62 valence electrons. The van der Waals surface area contributed by atoms with Crippen LogP contribution in [0.1, 0.15) is 6.42 Å². The Morgan fingerprint density at radius 1 is 1.64 bits per heavy atom. The van der Waals surface area contributed by atoms with Gasteiger partial charge < -0.3 is 5.11 Å². The molecule has 0 unspecified atom stereocenters. The lowest BCUT2D eigenvalue weighted by molar-refractivity contribution is -0.132. The van der Waals surface area contributed by atoms with Crippen molar-refractivity contribution in [2.24, 2.45) is 0 Å². The highest BCUT2D eigenvalue weighted by Crippen LogP contribution is 1.85. The first-order chi connectivity index (χ1) is 5.22. The van der Waals surface area contributed by atoms with E-state index in [0.717, 1.165) is 4.90 Å². The van der Waals surface area contributed by atoms with Crippen LogP contribution in [0.5, 0.6) is 0 Å². The van der Waals surface area contributed by atoms with Crippen LogP contribution >= 0.6 is 0 Å². The topological polar surface area (TPSA) is 57.6 Å². The van der Waals surface area contributed by atoms with Gasteiger partial charge in [0, 0.05) is 13.7 Å². The van der Waals surface area contributed by atoms with Gasteiger partial charge in [0.15, 0.2) is 0 Å². The first kappa shape index (κ1) is 9.84. The molecular formula is C7H11NO3. The van der Waals surface area contributed by atoms with Crippen LogP contribution in [-0.2, 0) is 9.59 Å². The molecule has 0 atom stereocenters. The summed E-state index contributed by atoms with van der Waals surface area (Å²) in [7, 11) is 1.37. The number of carbonyl (C=O) groups excluding carboxylic acids is 2. The maximum atomic E-state index is 10.8. The Morgan fingerprint density at radius 2 is 2.27 bits per heavy atom. The summed E-state index contributed by atoms with van der Waals surface area (Å²) in [6, 6.07) is 0. The normalized spacial score (nSPS) is 10.0. The van der Waals surface area contributed by atoms with Gasteiger partial charge in [0.25, 0.3) is 5.91 Å². The Morgan fingerprint density at radius 3 is 2.73 bits per heavy atom. The van der Waals surface area contributed by atoms with E-state index < -0.39 is 0 Å². The third-order valence-corrected chi connectivity index (χ3v) is 1.06. The van der Waals surface area contributed by atoms with Gasteiger partial charge in [-0.15, -0.1) is 0 Å². The maximum absolute atomic E-state index is 10.8. The number of aliphatic hydroxyl groups is 1. The van der Waals surface area contributed by atoms with E-state index in [4.69, 9.17) is 5.11 Å². The number of aliphatic hydroxyl groups excluding tert-OH is 1. The third-order valence-electron chi connectivity index (χ3n) is 1.06. The van der Waals surface area contributed by atoms with Crippen LogP contribution in [0.25, 0.3) is 0 Å². The second-order valence-electron chi connectivity index (χ2n) is 1.97. The van der Waals surface area contributed by atoms with Crippen LogP contribution in [0.2, 0.25) is 0 Å². The maximum Gasteiger partial charge on any atom is 0.252 e. The van der Waals surface area contributed by atoms with E-state index in [0.29, 0.717) is 12.8 Å². The quantitative estimate of drug-likeness (QED) is 0.443. The van der Waals surface area contributed by atoms with Gasteiger partial charge in [-0.25, -0.2) is 0 Å². The Hall–Kier alpha value is -1.16. The number of hydrogen-bond donors (Lipinski definition) is 1. The highest BCUT2D eigenvalue weighted by molar-refractivity contribution is 5.94. The van der Waals surface area contributed by atoms with Gasteiger partial charge in [0.05, 0.1) is 0 Å². The molecule has 0 aromatic carbocycles. The first-order valence-electron chi connectivity index (χ1n) is 3.22. The zero-order valence-electron chi connectivity index (χ0n) is 6.36. The van der Waals surface area contributed by atoms with Gasteiger partial charge in [-0.3, -0.25) is 14.5 Å². The summed E-state index contributed by atoms with van der Waals surface area (Å²) in [6.07, 6.45) is 3.64. The number of likely N-dealkylation sites (N-methyl/N-ethyl adjacent to an activating group) is 1. The molecule has 0 radical (unpaired) electrons. The zero-order valence-corrected chi connectivity index (χ0v) is 6.36. The molecule has 0 rings (SSSR count). The number of carbonyl (C=O) groups is 2. The summed E-state index contributed by atoms with van der Waals surface area (Å²) in [5.41, 5.74) is 0. The van der Waals surface area contributed by atoms with Crippen molar-refractivity contribution in [3.63, 3.8) is 0 Å². The summed E-state index contributed by atoms with van der Waals surface area (Å²) < 4.78 is 0. The van der Waals surface area contributed by atoms with E-state index in [2.05, 4.69) is 0 Å². The van der Waals surface area contributed by atoms with Crippen LogP contribution < -0.4 is 0 Å². The lowest BCUT2D eigenvalue weighted by Gasteiger charge is -2.02. The molecule has 1 N–H and O–H groups in total. The van der Waals surface area contributed by atoms with Crippen molar-refractivity contribution in [3.05, 3.63) is 12.2 Å². The van der Waals surface area contributed by atoms with Crippen LogP contribution in [0.3, 0.4) is 0 Å². The largest absolute Gasteiger partial charge is 0.396 e. The number of amides is 2. The average molecular weight is 157 g/mol. The number of nitrogens with zero attached hydrogens (tertiary/aromatic N) is 1. The Bertz CT molecular complexity index is 165. The minimum Gasteiger partial charge on any atom is -0.396 e. The minimum absolute atomic E-state index is 0.00852. The summed E-state index contributed by atoms with van der Waals surface area (Å²) in [6.45, 7) is 0.00852. The average Bonchev–Trinajstić information content (AvgIpc) is 2.03. The third kappa shape index (κ3) is 4.27. The number of imide groups is 1. The van der Waals surface area contributed by atoms with E-state index in [-0.39, 0.29) is 12.5 Å². The predicted molar refractivity (Wildman–Crippen MR) is 39.7 cm³/mol. The molecule has 2 amide bonds. The predicted octanol–water partition coefficient (Wildman–Crippen LogP) is -0.460. The standard InChI is InChI=1S/C7H11NO3/c1-8(6-10)7(11)4-2-3-5-9/h2,4,6,9H,3,5H2,1H3. The van der Waals surface area contributed by atoms with Crippen LogP contribution in [0.4, 0.5) is 0 Å². The molecule has 0 aliphatic rings. The second kappa shape index (κ2) is 5.61. The van der Waals surface area contributed by atoms with E-state index >= 15 is 0 Å². The number of hydrogen-bond acceptors (Lipinski definition) is 3. The van der Waals surface area contributed by atoms with Crippen molar-refractivity contribution in [1.82, 2.24) is 4.90 Å². The van der Waals surface area contributed by atoms with Crippen LogP contribution in [0, 0.1) is 0 Å². The fraction of sp³-hybridized carbons (Fsp3) is 0.429. The fourth-order valence-electron chi connectivity index (χ4n) is 0.428. The van der Waals surface area contributed by atoms with E-state index in [9.17, 15) is 9.59 Å². The first-order valence-corrected chi connectivity index (χ1v) is 3.22. The van der Waals surface area contributed by atoms with Gasteiger partial charge in [-0.1, -0.05) is 6.08 Å². The summed E-state index contributed by atoms with van der Waals surface area (Å²) in [5, 5.41) is 8.33. The Kier molecular flexibility index (Phi) is 5.02. The monoisotopic (exact) mass is 157 g/mol. The van der Waals surface area contributed by atoms with Gasteiger partial charge >= 0.3 is 0 Å². The highest BCUT2D eigenvalue weighted by Gasteiger charge is 1.99. The molecule has 0 aromatic heterocycles. The molecule has 0 saturated carbocycles. The molecule has 11 heavy (non-hydrogen) atoms. The molecule has 0 spiro atoms. The second-order valence-corrected chi connectivity index (χ2v) is 1.97. The zero-order chi connectivity index (χ0) is 8.69. The summed E-state index contributed by atoms with van der Waals surface area (Å²) >= 11 is 0. The summed E-state index contributed by atoms with van der Waals surface area (Å²) in [5.74, 6) is -0.381. The molecule has 0 aromatic rings. The van der Waals surface area contributed by atoms with Gasteiger partial charge in [-0.05, 0) is 12.5 Å². The lowest BCUT2D eigenvalue weighted by Crippen LogP contribution is -2.22. The smallest absolute Gasteiger partial charge is 0.252 e. The van der Waals surface area contributed by atoms with E-state index in [1.807, 2.05) is 0 Å². The Balaban J connectivity index is 3.76. The minimum atomic E-state index is -0.381. The molecule has 0 fully saturated rings. The Labute approximate surface area is 65.1 Å². The molecular weight excluding hydrogens is 146 g/mol. The van der Waals surface area contributed by atoms with E-state index in [1.165, 1.54) is 19.2 Å². The van der Waals surface area contributed by atoms with Crippen molar-refractivity contribution < 1.29 is 14.7 Å². The molecule has 0 aliphatic carbocycles. The van der Waals surface area contributed by atoms with Gasteiger partial charge in [0.2, 0.25) is 6.41 Å². The molecule has 4 nitrogen and oxygen atoms in total. The van der Waals surface area contributed by atoms with Crippen molar-refractivity contribution >= 4 is 12.3 Å². The summed E-state index contributed by atoms with van der Waals surface area (Å²) in [4.78, 5) is 21.7. The van der Waals surface area contributed by atoms with Crippen LogP contribution in [0.15, 0.2) is 12.2 Å². The SMILES string of the molecule is CN(C=O)C(=O)C=CCCO. The van der Waals surface area contributed by atoms with Gasteiger partial charge in [-0.2, -0.15) is 0 Å². The number of rotatable bonds is 4. The van der Waals surface area contributed by atoms with Crippen molar-refractivity contribution in [2.45, 2.75) is 6.42 Å². The van der Waals surface area contributed by atoms with Crippen molar-refractivity contribution in [2.75, 3.05) is 13.7 Å². The van der Waals surface area contributed by atoms with Crippen molar-refractivity contribution in [3.8, 4) is 0 Å². The molecule has 0 heterocycles. The molecule has 0 saturated heterocycles. The highest BCUT2D eigenvalue weighted by atomic mass is 16.2. The van der Waals surface area contributed by atoms with Crippen molar-refractivity contribution in [1.29, 1.82) is 0 Å². The van der Waals surface area contributed by atoms with Gasteiger partial charge in [0.1, 0.15) is 0 Å². The molecule has 4 heteroatoms. The molecule has 0 aliphatic heterocycles. The molecule has 0 bridgehead atoms. The lowest BCUT2D eigenvalue weighted by atomic mass is 10.4. The van der Waals surface area contributed by atoms with E-state index in [1.54, 1.807) is 0 Å². The van der Waals surface area contributed by atoms with Crippen LogP contribution in [-0.4, -0.2) is 36.0 Å². The fourth-order valence-corrected chi connectivity index (χ4v) is 0.428.